The maximum atomic E-state index is 12.6. The van der Waals surface area contributed by atoms with Crippen LogP contribution in [-0.2, 0) is 19.6 Å². The SMILES string of the molecule is O=C(OCC(=O)N1CCN(S(=O)(=O)c2ccc(Cl)cc2)CC1)c1ccn[nH]1. The van der Waals surface area contributed by atoms with Crippen molar-refractivity contribution < 1.29 is 22.7 Å². The molecule has 27 heavy (non-hydrogen) atoms. The molecule has 2 aromatic rings. The molecular weight excluding hydrogens is 396 g/mol. The highest BCUT2D eigenvalue weighted by molar-refractivity contribution is 7.89. The monoisotopic (exact) mass is 412 g/mol. The number of hydrogen-bond acceptors (Lipinski definition) is 6. The van der Waals surface area contributed by atoms with Gasteiger partial charge < -0.3 is 9.64 Å². The summed E-state index contributed by atoms with van der Waals surface area (Å²) in [5.41, 5.74) is 0.154. The van der Waals surface area contributed by atoms with Gasteiger partial charge in [0.25, 0.3) is 5.91 Å². The average Bonchev–Trinajstić information content (AvgIpc) is 3.21. The molecule has 2 heterocycles. The largest absolute Gasteiger partial charge is 0.451 e. The van der Waals surface area contributed by atoms with Crippen LogP contribution < -0.4 is 0 Å². The molecule has 11 heteroatoms. The third-order valence-corrected chi connectivity index (χ3v) is 6.25. The molecule has 144 valence electrons. The molecule has 1 aromatic carbocycles. The number of benzene rings is 1. The van der Waals surface area contributed by atoms with Gasteiger partial charge in [0.05, 0.1) is 4.90 Å². The fourth-order valence-corrected chi connectivity index (χ4v) is 4.15. The lowest BCUT2D eigenvalue weighted by Crippen LogP contribution is -2.51. The number of halogens is 1. The van der Waals surface area contributed by atoms with E-state index in [0.29, 0.717) is 5.02 Å². The predicted molar refractivity (Wildman–Crippen MR) is 95.7 cm³/mol. The maximum absolute atomic E-state index is 12.6. The van der Waals surface area contributed by atoms with Crippen molar-refractivity contribution in [2.45, 2.75) is 4.90 Å². The van der Waals surface area contributed by atoms with Crippen molar-refractivity contribution in [1.82, 2.24) is 19.4 Å². The van der Waals surface area contributed by atoms with E-state index in [2.05, 4.69) is 10.2 Å². The van der Waals surface area contributed by atoms with E-state index in [0.717, 1.165) is 0 Å². The third-order valence-electron chi connectivity index (χ3n) is 4.09. The Morgan fingerprint density at radius 3 is 2.37 bits per heavy atom. The summed E-state index contributed by atoms with van der Waals surface area (Å²) in [5.74, 6) is -1.06. The van der Waals surface area contributed by atoms with E-state index in [-0.39, 0.29) is 42.7 Å². The zero-order valence-electron chi connectivity index (χ0n) is 14.2. The Morgan fingerprint density at radius 2 is 1.78 bits per heavy atom. The number of amides is 1. The van der Waals surface area contributed by atoms with E-state index in [9.17, 15) is 18.0 Å². The predicted octanol–water partition coefficient (Wildman–Crippen LogP) is 0.753. The van der Waals surface area contributed by atoms with Gasteiger partial charge in [-0.3, -0.25) is 9.89 Å². The normalized spacial score (nSPS) is 15.5. The molecule has 0 unspecified atom stereocenters. The zero-order chi connectivity index (χ0) is 19.4. The number of esters is 1. The highest BCUT2D eigenvalue weighted by Gasteiger charge is 2.30. The van der Waals surface area contributed by atoms with Gasteiger partial charge in [-0.05, 0) is 30.3 Å². The summed E-state index contributed by atoms with van der Waals surface area (Å²) in [4.78, 5) is 25.5. The molecule has 0 atom stereocenters. The van der Waals surface area contributed by atoms with Crippen LogP contribution >= 0.6 is 11.6 Å². The summed E-state index contributed by atoms with van der Waals surface area (Å²) in [5, 5.41) is 6.53. The Labute approximate surface area is 160 Å². The number of aromatic amines is 1. The second-order valence-corrected chi connectivity index (χ2v) is 8.16. The summed E-state index contributed by atoms with van der Waals surface area (Å²) in [6.07, 6.45) is 1.40. The van der Waals surface area contributed by atoms with Gasteiger partial charge in [0, 0.05) is 37.4 Å². The lowest BCUT2D eigenvalue weighted by molar-refractivity contribution is -0.135. The quantitative estimate of drug-likeness (QED) is 0.725. The second-order valence-electron chi connectivity index (χ2n) is 5.79. The van der Waals surface area contributed by atoms with E-state index < -0.39 is 22.6 Å². The number of hydrogen-bond donors (Lipinski definition) is 1. The topological polar surface area (TPSA) is 113 Å². The van der Waals surface area contributed by atoms with Crippen LogP contribution in [0.3, 0.4) is 0 Å². The van der Waals surface area contributed by atoms with Crippen LogP contribution in [0.2, 0.25) is 5.02 Å². The molecule has 0 spiro atoms. The Bertz CT molecular complexity index is 907. The summed E-state index contributed by atoms with van der Waals surface area (Å²) < 4.78 is 31.5. The molecule has 1 saturated heterocycles. The average molecular weight is 413 g/mol. The molecule has 1 N–H and O–H groups in total. The number of rotatable bonds is 5. The van der Waals surface area contributed by atoms with Crippen molar-refractivity contribution in [3.05, 3.63) is 47.2 Å². The number of carbonyl (C=O) groups excluding carboxylic acids is 2. The van der Waals surface area contributed by atoms with Crippen LogP contribution in [0.4, 0.5) is 0 Å². The van der Waals surface area contributed by atoms with Gasteiger partial charge in [-0.1, -0.05) is 11.6 Å². The van der Waals surface area contributed by atoms with Gasteiger partial charge in [-0.15, -0.1) is 0 Å². The van der Waals surface area contributed by atoms with Crippen molar-refractivity contribution in [3.8, 4) is 0 Å². The van der Waals surface area contributed by atoms with Gasteiger partial charge in [-0.25, -0.2) is 13.2 Å². The highest BCUT2D eigenvalue weighted by Crippen LogP contribution is 2.19. The van der Waals surface area contributed by atoms with Crippen molar-refractivity contribution in [2.75, 3.05) is 32.8 Å². The molecule has 1 aromatic heterocycles. The van der Waals surface area contributed by atoms with Crippen LogP contribution in [0.1, 0.15) is 10.5 Å². The number of nitrogens with zero attached hydrogens (tertiary/aromatic N) is 3. The molecule has 9 nitrogen and oxygen atoms in total. The van der Waals surface area contributed by atoms with Crippen LogP contribution in [0.15, 0.2) is 41.4 Å². The molecule has 0 aliphatic carbocycles. The minimum atomic E-state index is -3.64. The van der Waals surface area contributed by atoms with Gasteiger partial charge >= 0.3 is 5.97 Å². The summed E-state index contributed by atoms with van der Waals surface area (Å²) in [6, 6.07) is 7.37. The van der Waals surface area contributed by atoms with Crippen molar-refractivity contribution in [2.24, 2.45) is 0 Å². The van der Waals surface area contributed by atoms with Gasteiger partial charge in [0.1, 0.15) is 5.69 Å². The van der Waals surface area contributed by atoms with E-state index in [1.54, 1.807) is 0 Å². The summed E-state index contributed by atoms with van der Waals surface area (Å²) in [6.45, 7) is 0.332. The zero-order valence-corrected chi connectivity index (χ0v) is 15.7. The fourth-order valence-electron chi connectivity index (χ4n) is 2.60. The number of sulfonamides is 1. The van der Waals surface area contributed by atoms with Crippen LogP contribution in [0.25, 0.3) is 0 Å². The van der Waals surface area contributed by atoms with Crippen LogP contribution in [-0.4, -0.2) is 72.5 Å². The number of carbonyl (C=O) groups is 2. The van der Waals surface area contributed by atoms with E-state index in [1.165, 1.54) is 45.7 Å². The van der Waals surface area contributed by atoms with Crippen molar-refractivity contribution in [1.29, 1.82) is 0 Å². The molecule has 3 rings (SSSR count). The number of aromatic nitrogens is 2. The third kappa shape index (κ3) is 4.46. The molecule has 0 bridgehead atoms. The van der Waals surface area contributed by atoms with Crippen molar-refractivity contribution >= 4 is 33.5 Å². The molecule has 1 aliphatic heterocycles. The number of H-pyrrole nitrogens is 1. The van der Waals surface area contributed by atoms with Crippen molar-refractivity contribution in [3.63, 3.8) is 0 Å². The Hall–Kier alpha value is -2.43. The second kappa shape index (κ2) is 8.07. The lowest BCUT2D eigenvalue weighted by atomic mass is 10.3. The Morgan fingerprint density at radius 1 is 1.11 bits per heavy atom. The smallest absolute Gasteiger partial charge is 0.356 e. The van der Waals surface area contributed by atoms with Gasteiger partial charge in [0.15, 0.2) is 6.61 Å². The van der Waals surface area contributed by atoms with E-state index in [1.807, 2.05) is 0 Å². The van der Waals surface area contributed by atoms with Crippen LogP contribution in [0.5, 0.6) is 0 Å². The van der Waals surface area contributed by atoms with E-state index in [4.69, 9.17) is 16.3 Å². The summed E-state index contributed by atoms with van der Waals surface area (Å²) in [7, 11) is -3.64. The number of piperazine rings is 1. The van der Waals surface area contributed by atoms with Gasteiger partial charge in [0.2, 0.25) is 10.0 Å². The standard InChI is InChI=1S/C16H17ClN4O5S/c17-12-1-3-13(4-2-12)27(24,25)21-9-7-20(8-10-21)15(22)11-26-16(23)14-5-6-18-19-14/h1-6H,7-11H2,(H,18,19). The van der Waals surface area contributed by atoms with Gasteiger partial charge in [-0.2, -0.15) is 9.40 Å². The number of ether oxygens (including phenoxy) is 1. The Balaban J connectivity index is 1.53. The molecule has 1 amide bonds. The first-order valence-electron chi connectivity index (χ1n) is 8.08. The molecule has 1 fully saturated rings. The molecule has 0 radical (unpaired) electrons. The molecule has 1 aliphatic rings. The maximum Gasteiger partial charge on any atom is 0.356 e. The summed E-state index contributed by atoms with van der Waals surface area (Å²) >= 11 is 5.79. The first-order chi connectivity index (χ1) is 12.9. The minimum Gasteiger partial charge on any atom is -0.451 e. The fraction of sp³-hybridized carbons (Fsp3) is 0.312. The minimum absolute atomic E-state index is 0.153. The molecular formula is C16H17ClN4O5S. The Kier molecular flexibility index (Phi) is 5.78. The molecule has 0 saturated carbocycles. The first-order valence-corrected chi connectivity index (χ1v) is 9.90. The lowest BCUT2D eigenvalue weighted by Gasteiger charge is -2.33. The van der Waals surface area contributed by atoms with Crippen LogP contribution in [0, 0.1) is 0 Å². The first kappa shape index (κ1) is 19.3. The van der Waals surface area contributed by atoms with E-state index >= 15 is 0 Å². The number of nitrogens with one attached hydrogen (secondary N) is 1. The highest BCUT2D eigenvalue weighted by atomic mass is 35.5.